The minimum atomic E-state index is 0.210. The fraction of sp³-hybridized carbons (Fsp3) is 0.333. The van der Waals surface area contributed by atoms with E-state index in [1.54, 1.807) is 0 Å². The Morgan fingerprint density at radius 3 is 2.29 bits per heavy atom. The summed E-state index contributed by atoms with van der Waals surface area (Å²) in [5.74, 6) is 0.923. The Morgan fingerprint density at radius 1 is 1.00 bits per heavy atom. The second kappa shape index (κ2) is 7.62. The lowest BCUT2D eigenvalue weighted by Crippen LogP contribution is -2.18. The van der Waals surface area contributed by atoms with Crippen molar-refractivity contribution >= 4 is 15.9 Å². The van der Waals surface area contributed by atoms with Crippen molar-refractivity contribution in [2.24, 2.45) is 0 Å². The molecule has 0 heterocycles. The van der Waals surface area contributed by atoms with E-state index < -0.39 is 0 Å². The van der Waals surface area contributed by atoms with E-state index >= 15 is 0 Å². The summed E-state index contributed by atoms with van der Waals surface area (Å²) in [5.41, 5.74) is 2.53. The third-order valence-corrected chi connectivity index (χ3v) is 4.08. The number of nitrogens with one attached hydrogen (secondary N) is 1. The van der Waals surface area contributed by atoms with E-state index in [9.17, 15) is 0 Å². The maximum absolute atomic E-state index is 5.67. The third kappa shape index (κ3) is 4.87. The summed E-state index contributed by atoms with van der Waals surface area (Å²) in [5, 5.41) is 3.55. The van der Waals surface area contributed by atoms with Crippen molar-refractivity contribution in [2.45, 2.75) is 39.5 Å². The van der Waals surface area contributed by atoms with Gasteiger partial charge >= 0.3 is 0 Å². The number of hydrogen-bond acceptors (Lipinski definition) is 2. The SMILES string of the molecule is CC(C)Oc1ccc(C(C)NCc2ccccc2Br)cc1. The molecule has 2 nitrogen and oxygen atoms in total. The van der Waals surface area contributed by atoms with Gasteiger partial charge in [0, 0.05) is 17.1 Å². The molecule has 2 aromatic carbocycles. The van der Waals surface area contributed by atoms with Gasteiger partial charge in [-0.15, -0.1) is 0 Å². The van der Waals surface area contributed by atoms with Gasteiger partial charge in [0.05, 0.1) is 6.10 Å². The van der Waals surface area contributed by atoms with E-state index in [0.717, 1.165) is 16.8 Å². The summed E-state index contributed by atoms with van der Waals surface area (Å²) < 4.78 is 6.81. The van der Waals surface area contributed by atoms with E-state index in [-0.39, 0.29) is 6.10 Å². The molecule has 0 radical (unpaired) electrons. The molecule has 0 spiro atoms. The lowest BCUT2D eigenvalue weighted by atomic mass is 10.1. The van der Waals surface area contributed by atoms with Gasteiger partial charge in [-0.25, -0.2) is 0 Å². The first kappa shape index (κ1) is 16.1. The average molecular weight is 348 g/mol. The molecule has 3 heteroatoms. The van der Waals surface area contributed by atoms with E-state index in [2.05, 4.69) is 58.5 Å². The highest BCUT2D eigenvalue weighted by Gasteiger charge is 2.07. The molecule has 1 unspecified atom stereocenters. The molecule has 0 saturated carbocycles. The number of ether oxygens (including phenoxy) is 1. The van der Waals surface area contributed by atoms with Crippen molar-refractivity contribution in [3.05, 3.63) is 64.1 Å². The van der Waals surface area contributed by atoms with Crippen LogP contribution in [0.2, 0.25) is 0 Å². The monoisotopic (exact) mass is 347 g/mol. The molecule has 0 aliphatic rings. The molecular weight excluding hydrogens is 326 g/mol. The van der Waals surface area contributed by atoms with E-state index in [1.165, 1.54) is 11.1 Å². The molecule has 21 heavy (non-hydrogen) atoms. The molecule has 0 bridgehead atoms. The number of benzene rings is 2. The quantitative estimate of drug-likeness (QED) is 0.785. The standard InChI is InChI=1S/C18H22BrNO/c1-13(2)21-17-10-8-15(9-11-17)14(3)20-12-16-6-4-5-7-18(16)19/h4-11,13-14,20H,12H2,1-3H3. The van der Waals surface area contributed by atoms with Crippen LogP contribution < -0.4 is 10.1 Å². The highest BCUT2D eigenvalue weighted by Crippen LogP contribution is 2.20. The van der Waals surface area contributed by atoms with Crippen molar-refractivity contribution in [2.75, 3.05) is 0 Å². The van der Waals surface area contributed by atoms with E-state index in [0.29, 0.717) is 6.04 Å². The highest BCUT2D eigenvalue weighted by molar-refractivity contribution is 9.10. The van der Waals surface area contributed by atoms with Gasteiger partial charge in [0.25, 0.3) is 0 Å². The molecule has 0 aromatic heterocycles. The zero-order valence-corrected chi connectivity index (χ0v) is 14.4. The molecule has 2 rings (SSSR count). The van der Waals surface area contributed by atoms with Crippen LogP contribution in [0.25, 0.3) is 0 Å². The van der Waals surface area contributed by atoms with Crippen molar-refractivity contribution in [3.8, 4) is 5.75 Å². The Morgan fingerprint density at radius 2 is 1.67 bits per heavy atom. The van der Waals surface area contributed by atoms with Crippen molar-refractivity contribution in [1.82, 2.24) is 5.32 Å². The fourth-order valence-corrected chi connectivity index (χ4v) is 2.55. The van der Waals surface area contributed by atoms with Crippen molar-refractivity contribution < 1.29 is 4.74 Å². The maximum Gasteiger partial charge on any atom is 0.119 e. The van der Waals surface area contributed by atoms with Gasteiger partial charge in [0.2, 0.25) is 0 Å². The zero-order chi connectivity index (χ0) is 15.2. The molecule has 1 atom stereocenters. The smallest absolute Gasteiger partial charge is 0.119 e. The van der Waals surface area contributed by atoms with Gasteiger partial charge in [-0.3, -0.25) is 0 Å². The zero-order valence-electron chi connectivity index (χ0n) is 12.8. The summed E-state index contributed by atoms with van der Waals surface area (Å²) >= 11 is 3.58. The Kier molecular flexibility index (Phi) is 5.83. The van der Waals surface area contributed by atoms with E-state index in [1.807, 2.05) is 32.0 Å². The summed E-state index contributed by atoms with van der Waals surface area (Å²) in [6.07, 6.45) is 0.210. The summed E-state index contributed by atoms with van der Waals surface area (Å²) in [6.45, 7) is 7.09. The molecule has 112 valence electrons. The minimum Gasteiger partial charge on any atom is -0.491 e. The third-order valence-electron chi connectivity index (χ3n) is 3.31. The van der Waals surface area contributed by atoms with E-state index in [4.69, 9.17) is 4.74 Å². The lowest BCUT2D eigenvalue weighted by molar-refractivity contribution is 0.242. The summed E-state index contributed by atoms with van der Waals surface area (Å²) in [4.78, 5) is 0. The normalized spacial score (nSPS) is 12.4. The molecule has 1 N–H and O–H groups in total. The van der Waals surface area contributed by atoms with Crippen LogP contribution in [0.5, 0.6) is 5.75 Å². The predicted octanol–water partition coefficient (Wildman–Crippen LogP) is 5.09. The summed E-state index contributed by atoms with van der Waals surface area (Å²) in [7, 11) is 0. The second-order valence-corrected chi connectivity index (χ2v) is 6.28. The molecular formula is C18H22BrNO. The van der Waals surface area contributed by atoms with Crippen LogP contribution in [0.1, 0.15) is 37.9 Å². The molecule has 0 saturated heterocycles. The number of rotatable bonds is 6. The molecule has 0 aliphatic heterocycles. The predicted molar refractivity (Wildman–Crippen MR) is 91.6 cm³/mol. The largest absolute Gasteiger partial charge is 0.491 e. The molecule has 0 aliphatic carbocycles. The van der Waals surface area contributed by atoms with Crippen LogP contribution in [0.15, 0.2) is 53.0 Å². The van der Waals surface area contributed by atoms with Crippen LogP contribution >= 0.6 is 15.9 Å². The molecule has 0 fully saturated rings. The van der Waals surface area contributed by atoms with Crippen molar-refractivity contribution in [1.29, 1.82) is 0 Å². The first-order chi connectivity index (χ1) is 10.1. The Labute approximate surface area is 135 Å². The average Bonchev–Trinajstić information content (AvgIpc) is 2.46. The Hall–Kier alpha value is -1.32. The fourth-order valence-electron chi connectivity index (χ4n) is 2.13. The molecule has 2 aromatic rings. The second-order valence-electron chi connectivity index (χ2n) is 5.43. The van der Waals surface area contributed by atoms with Crippen LogP contribution in [0.3, 0.4) is 0 Å². The Balaban J connectivity index is 1.94. The maximum atomic E-state index is 5.67. The topological polar surface area (TPSA) is 21.3 Å². The van der Waals surface area contributed by atoms with Gasteiger partial charge in [0.15, 0.2) is 0 Å². The van der Waals surface area contributed by atoms with Gasteiger partial charge in [0.1, 0.15) is 5.75 Å². The number of hydrogen-bond donors (Lipinski definition) is 1. The van der Waals surface area contributed by atoms with Crippen molar-refractivity contribution in [3.63, 3.8) is 0 Å². The van der Waals surface area contributed by atoms with Crippen LogP contribution in [0, 0.1) is 0 Å². The van der Waals surface area contributed by atoms with Crippen LogP contribution in [-0.2, 0) is 6.54 Å². The van der Waals surface area contributed by atoms with Crippen LogP contribution in [-0.4, -0.2) is 6.10 Å². The number of halogens is 1. The summed E-state index contributed by atoms with van der Waals surface area (Å²) in [6, 6.07) is 16.9. The first-order valence-corrected chi connectivity index (χ1v) is 8.09. The lowest BCUT2D eigenvalue weighted by Gasteiger charge is -2.16. The first-order valence-electron chi connectivity index (χ1n) is 7.29. The van der Waals surface area contributed by atoms with Gasteiger partial charge in [-0.05, 0) is 50.1 Å². The van der Waals surface area contributed by atoms with Crippen LogP contribution in [0.4, 0.5) is 0 Å². The van der Waals surface area contributed by atoms with Gasteiger partial charge in [-0.1, -0.05) is 46.3 Å². The Bertz CT molecular complexity index is 566. The minimum absolute atomic E-state index is 0.210. The van der Waals surface area contributed by atoms with Gasteiger partial charge in [-0.2, -0.15) is 0 Å². The molecule has 0 amide bonds. The highest BCUT2D eigenvalue weighted by atomic mass is 79.9. The van der Waals surface area contributed by atoms with Gasteiger partial charge < -0.3 is 10.1 Å².